The lowest BCUT2D eigenvalue weighted by Crippen LogP contribution is -2.57. The van der Waals surface area contributed by atoms with E-state index in [2.05, 4.69) is 62.3 Å². The molecule has 48 heavy (non-hydrogen) atoms. The first kappa shape index (κ1) is 43.3. The maximum absolute atomic E-state index is 13.0. The number of aliphatic hydroxyl groups is 1. The number of hydrogen-bond donors (Lipinski definition) is 3. The molecular formula is C36H60N4O7S. The lowest BCUT2D eigenvalue weighted by molar-refractivity contribution is -0.143. The summed E-state index contributed by atoms with van der Waals surface area (Å²) >= 11 is 1.71. The van der Waals surface area contributed by atoms with Crippen LogP contribution in [-0.4, -0.2) is 105 Å². The van der Waals surface area contributed by atoms with Crippen molar-refractivity contribution in [1.82, 2.24) is 15.2 Å². The number of amides is 2. The minimum absolute atomic E-state index is 0.0217. The Morgan fingerprint density at radius 3 is 2.10 bits per heavy atom. The second-order valence-corrected chi connectivity index (χ2v) is 14.0. The van der Waals surface area contributed by atoms with Crippen molar-refractivity contribution < 1.29 is 33.7 Å². The van der Waals surface area contributed by atoms with Crippen molar-refractivity contribution in [2.24, 2.45) is 17.1 Å². The van der Waals surface area contributed by atoms with Gasteiger partial charge < -0.3 is 35.3 Å². The topological polar surface area (TPSA) is 153 Å². The molecule has 3 unspecified atom stereocenters. The van der Waals surface area contributed by atoms with Crippen LogP contribution in [0, 0.1) is 18.3 Å². The van der Waals surface area contributed by atoms with Gasteiger partial charge in [0, 0.05) is 20.2 Å². The number of likely N-dealkylation sites (tertiary alicyclic amines) is 1. The number of carbonyl (C=O) groups is 3. The van der Waals surface area contributed by atoms with Crippen molar-refractivity contribution in [3.8, 4) is 10.4 Å². The van der Waals surface area contributed by atoms with Crippen LogP contribution in [-0.2, 0) is 28.6 Å². The largest absolute Gasteiger partial charge is 0.400 e. The Hall–Kier alpha value is -2.74. The number of nitrogens with two attached hydrogens (primary N) is 1. The molecule has 0 saturated carbocycles. The lowest BCUT2D eigenvalue weighted by Gasteiger charge is -2.35. The maximum atomic E-state index is 13.0. The summed E-state index contributed by atoms with van der Waals surface area (Å²) in [4.78, 5) is 44.4. The molecule has 2 heterocycles. The summed E-state index contributed by atoms with van der Waals surface area (Å²) in [6.45, 7) is 18.9. The molecule has 3 atom stereocenters. The van der Waals surface area contributed by atoms with Gasteiger partial charge in [-0.2, -0.15) is 0 Å². The number of ether oxygens (including phenoxy) is 3. The minimum Gasteiger partial charge on any atom is -0.400 e. The van der Waals surface area contributed by atoms with Crippen LogP contribution in [0.1, 0.15) is 78.5 Å². The summed E-state index contributed by atoms with van der Waals surface area (Å²) in [5, 5.41) is 9.78. The summed E-state index contributed by atoms with van der Waals surface area (Å²) < 4.78 is 15.8. The number of thiazole rings is 1. The number of aliphatic hydroxyl groups excluding tert-OH is 1. The third kappa shape index (κ3) is 14.8. The smallest absolute Gasteiger partial charge is 0.246 e. The van der Waals surface area contributed by atoms with Crippen LogP contribution in [0.25, 0.3) is 10.4 Å². The zero-order chi connectivity index (χ0) is 36.3. The quantitative estimate of drug-likeness (QED) is 0.215. The molecule has 1 aromatic carbocycles. The number of nitrogens with one attached hydrogen (secondary N) is 1. The zero-order valence-corrected chi connectivity index (χ0v) is 31.4. The van der Waals surface area contributed by atoms with Gasteiger partial charge in [0.25, 0.3) is 0 Å². The first-order valence-electron chi connectivity index (χ1n) is 16.8. The fraction of sp³-hybridized carbons (Fsp3) is 0.667. The van der Waals surface area contributed by atoms with Crippen molar-refractivity contribution in [2.75, 3.05) is 59.8 Å². The summed E-state index contributed by atoms with van der Waals surface area (Å²) in [5.41, 5.74) is 10.6. The summed E-state index contributed by atoms with van der Waals surface area (Å²) in [7, 11) is 1.00. The molecule has 1 saturated heterocycles. The number of ketones is 1. The molecule has 11 nitrogen and oxygen atoms in total. The first-order chi connectivity index (χ1) is 22.8. The molecule has 3 rings (SSSR count). The SMILES string of the molecule is CC(=O)C1CCCN1C(=O)C(NC(=O)COCCOCCOCCN)C(C)(C)C.CO.Cc1ncsc1-c1ccc(C(C)C(C)C)cc1. The van der Waals surface area contributed by atoms with Gasteiger partial charge in [0.15, 0.2) is 5.78 Å². The van der Waals surface area contributed by atoms with Crippen LogP contribution in [0.15, 0.2) is 29.8 Å². The number of Topliss-reactive ketones (excluding diaryl/α,β-unsaturated/α-hetero) is 1. The van der Waals surface area contributed by atoms with Crippen molar-refractivity contribution in [3.63, 3.8) is 0 Å². The van der Waals surface area contributed by atoms with Gasteiger partial charge in [0.1, 0.15) is 12.6 Å². The minimum atomic E-state index is -0.727. The average molecular weight is 693 g/mol. The molecule has 12 heteroatoms. The van der Waals surface area contributed by atoms with Gasteiger partial charge in [0.2, 0.25) is 11.8 Å². The number of nitrogens with zero attached hydrogens (tertiary/aromatic N) is 2. The number of rotatable bonds is 16. The standard InChI is InChI=1S/C20H37N3O6.C15H19NS.CH4O/c1-15(24)16-6-5-8-23(16)19(26)18(20(2,3)4)22-17(25)14-29-13-12-28-11-10-27-9-7-21;1-10(2)11(3)13-5-7-14(8-6-13)15-12(4)16-9-17-15;1-2/h16,18H,5-14,21H2,1-4H3,(H,22,25);5-11H,1-4H3;2H,1H3. The lowest BCUT2D eigenvalue weighted by atomic mass is 9.85. The molecule has 1 aliphatic heterocycles. The summed E-state index contributed by atoms with van der Waals surface area (Å²) in [5.74, 6) is 0.691. The molecule has 0 radical (unpaired) electrons. The fourth-order valence-electron chi connectivity index (χ4n) is 5.06. The highest BCUT2D eigenvalue weighted by molar-refractivity contribution is 7.13. The van der Waals surface area contributed by atoms with Crippen molar-refractivity contribution in [3.05, 3.63) is 41.0 Å². The van der Waals surface area contributed by atoms with Crippen molar-refractivity contribution >= 4 is 28.9 Å². The Balaban J connectivity index is 0.000000511. The zero-order valence-electron chi connectivity index (χ0n) is 30.5. The predicted molar refractivity (Wildman–Crippen MR) is 192 cm³/mol. The second kappa shape index (κ2) is 22.8. The summed E-state index contributed by atoms with van der Waals surface area (Å²) in [6, 6.07) is 7.81. The number of aromatic nitrogens is 1. The number of aryl methyl sites for hydroxylation is 1. The van der Waals surface area contributed by atoms with Crippen LogP contribution in [0.4, 0.5) is 0 Å². The van der Waals surface area contributed by atoms with E-state index in [0.29, 0.717) is 57.8 Å². The molecule has 0 aliphatic carbocycles. The first-order valence-corrected chi connectivity index (χ1v) is 17.6. The molecule has 4 N–H and O–H groups in total. The van der Waals surface area contributed by atoms with Gasteiger partial charge in [-0.3, -0.25) is 14.4 Å². The van der Waals surface area contributed by atoms with Crippen LogP contribution in [0.5, 0.6) is 0 Å². The van der Waals surface area contributed by atoms with E-state index in [1.807, 2.05) is 26.3 Å². The van der Waals surface area contributed by atoms with E-state index in [-0.39, 0.29) is 30.8 Å². The highest BCUT2D eigenvalue weighted by Gasteiger charge is 2.40. The molecule has 2 aromatic rings. The molecule has 2 amide bonds. The number of hydrogen-bond acceptors (Lipinski definition) is 10. The Morgan fingerprint density at radius 2 is 1.60 bits per heavy atom. The molecule has 1 aliphatic rings. The molecule has 0 bridgehead atoms. The highest BCUT2D eigenvalue weighted by atomic mass is 32.1. The van der Waals surface area contributed by atoms with E-state index in [9.17, 15) is 14.4 Å². The van der Waals surface area contributed by atoms with Crippen molar-refractivity contribution in [1.29, 1.82) is 0 Å². The van der Waals surface area contributed by atoms with Crippen LogP contribution in [0.2, 0.25) is 0 Å². The summed E-state index contributed by atoms with van der Waals surface area (Å²) in [6.07, 6.45) is 1.47. The molecule has 272 valence electrons. The van der Waals surface area contributed by atoms with Gasteiger partial charge in [-0.05, 0) is 55.1 Å². The third-order valence-electron chi connectivity index (χ3n) is 8.11. The van der Waals surface area contributed by atoms with E-state index in [1.165, 1.54) is 22.9 Å². The van der Waals surface area contributed by atoms with Gasteiger partial charge >= 0.3 is 0 Å². The predicted octanol–water partition coefficient (Wildman–Crippen LogP) is 4.59. The van der Waals surface area contributed by atoms with Crippen LogP contribution < -0.4 is 11.1 Å². The number of carbonyl (C=O) groups excluding carboxylic acids is 3. The van der Waals surface area contributed by atoms with E-state index in [4.69, 9.17) is 25.1 Å². The van der Waals surface area contributed by atoms with Crippen LogP contribution in [0.3, 0.4) is 0 Å². The fourth-order valence-corrected chi connectivity index (χ4v) is 5.87. The third-order valence-corrected chi connectivity index (χ3v) is 9.08. The Kier molecular flexibility index (Phi) is 20.6. The van der Waals surface area contributed by atoms with Gasteiger partial charge in [-0.25, -0.2) is 4.98 Å². The molecule has 1 fully saturated rings. The Bertz CT molecular complexity index is 1210. The van der Waals surface area contributed by atoms with E-state index in [0.717, 1.165) is 19.2 Å². The molecular weight excluding hydrogens is 632 g/mol. The van der Waals surface area contributed by atoms with Gasteiger partial charge in [-0.15, -0.1) is 11.3 Å². The van der Waals surface area contributed by atoms with E-state index in [1.54, 1.807) is 16.2 Å². The van der Waals surface area contributed by atoms with Crippen molar-refractivity contribution in [2.45, 2.75) is 86.2 Å². The maximum Gasteiger partial charge on any atom is 0.246 e. The normalized spacial score (nSPS) is 15.6. The van der Waals surface area contributed by atoms with Gasteiger partial charge in [0.05, 0.1) is 55.2 Å². The number of benzene rings is 1. The molecule has 0 spiro atoms. The van der Waals surface area contributed by atoms with E-state index >= 15 is 0 Å². The Labute approximate surface area is 291 Å². The molecule has 1 aromatic heterocycles. The van der Waals surface area contributed by atoms with E-state index < -0.39 is 17.5 Å². The van der Waals surface area contributed by atoms with Gasteiger partial charge in [-0.1, -0.05) is 65.8 Å². The highest BCUT2D eigenvalue weighted by Crippen LogP contribution is 2.30. The Morgan fingerprint density at radius 1 is 1.02 bits per heavy atom. The van der Waals surface area contributed by atoms with Crippen LogP contribution >= 0.6 is 11.3 Å². The monoisotopic (exact) mass is 692 g/mol. The second-order valence-electron chi connectivity index (χ2n) is 13.2. The average Bonchev–Trinajstić information content (AvgIpc) is 3.73.